The van der Waals surface area contributed by atoms with Crippen LogP contribution in [0.1, 0.15) is 32.1 Å². The summed E-state index contributed by atoms with van der Waals surface area (Å²) >= 11 is 0. The molecule has 8 N–H and O–H groups in total. The largest absolute Gasteiger partial charge is 0.486 e. The molecule has 0 radical (unpaired) electrons. The first-order valence-corrected chi connectivity index (χ1v) is 10.3. The van der Waals surface area contributed by atoms with Crippen molar-refractivity contribution in [3.05, 3.63) is 24.3 Å². The molecule has 0 saturated carbocycles. The molecule has 162 valence electrons. The summed E-state index contributed by atoms with van der Waals surface area (Å²) in [6.45, 7) is 5.18. The third-order valence-corrected chi connectivity index (χ3v) is 4.78. The highest BCUT2D eigenvalue weighted by atomic mass is 16.6. The maximum absolute atomic E-state index is 7.04. The van der Waals surface area contributed by atoms with E-state index in [0.717, 1.165) is 24.6 Å². The summed E-state index contributed by atoms with van der Waals surface area (Å²) in [5, 5.41) is 19.6. The molecule has 2 heterocycles. The molecule has 29 heavy (non-hydrogen) atoms. The van der Waals surface area contributed by atoms with Crippen LogP contribution in [0, 0.1) is 10.8 Å². The molecule has 1 saturated heterocycles. The van der Waals surface area contributed by atoms with Gasteiger partial charge < -0.3 is 36.5 Å². The molecule has 0 spiro atoms. The number of benzene rings is 1. The third kappa shape index (κ3) is 9.38. The maximum atomic E-state index is 7.04. The normalized spacial score (nSPS) is 19.0. The first-order valence-electron chi connectivity index (χ1n) is 10.3. The number of nitrogens with two attached hydrogens (primary N) is 2. The second-order valence-corrected chi connectivity index (χ2v) is 7.24. The molecule has 0 aliphatic carbocycles. The molecule has 1 atom stereocenters. The van der Waals surface area contributed by atoms with Crippen LogP contribution in [0.3, 0.4) is 0 Å². The van der Waals surface area contributed by atoms with Crippen LogP contribution in [0.25, 0.3) is 0 Å². The molecule has 9 nitrogen and oxygen atoms in total. The first-order chi connectivity index (χ1) is 14.0. The Labute approximate surface area is 173 Å². The van der Waals surface area contributed by atoms with E-state index in [0.29, 0.717) is 13.2 Å². The Morgan fingerprint density at radius 2 is 1.59 bits per heavy atom. The summed E-state index contributed by atoms with van der Waals surface area (Å²) in [7, 11) is 0. The van der Waals surface area contributed by atoms with E-state index in [4.69, 9.17) is 31.8 Å². The monoisotopic (exact) mass is 405 g/mol. The fourth-order valence-corrected chi connectivity index (χ4v) is 3.27. The van der Waals surface area contributed by atoms with Gasteiger partial charge in [-0.25, -0.2) is 0 Å². The number of hydrogen-bond acceptors (Lipinski definition) is 5. The van der Waals surface area contributed by atoms with E-state index in [2.05, 4.69) is 15.5 Å². The second kappa shape index (κ2) is 12.7. The van der Waals surface area contributed by atoms with Crippen molar-refractivity contribution in [1.29, 1.82) is 10.8 Å². The van der Waals surface area contributed by atoms with Crippen molar-refractivity contribution in [3.63, 3.8) is 0 Å². The third-order valence-electron chi connectivity index (χ3n) is 4.78. The van der Waals surface area contributed by atoms with E-state index in [1.54, 1.807) is 0 Å². The van der Waals surface area contributed by atoms with Crippen molar-refractivity contribution < 1.29 is 9.47 Å². The van der Waals surface area contributed by atoms with Gasteiger partial charge in [0.2, 0.25) is 0 Å². The number of nitrogens with zero attached hydrogens (tertiary/aromatic N) is 1. The van der Waals surface area contributed by atoms with Gasteiger partial charge in [0, 0.05) is 13.1 Å². The number of para-hydroxylation sites is 2. The Bertz CT molecular complexity index is 633. The summed E-state index contributed by atoms with van der Waals surface area (Å²) in [5.41, 5.74) is 10.4. The number of rotatable bonds is 5. The SMILES string of the molecule is N=C(N)NCC1COc2ccccc2O1.N=C(N)NCCN1CCCCCCC1. The predicted octanol–water partition coefficient (Wildman–Crippen LogP) is 1.05. The van der Waals surface area contributed by atoms with Gasteiger partial charge in [-0.2, -0.15) is 0 Å². The molecule has 1 aromatic rings. The number of hydrogen-bond donors (Lipinski definition) is 6. The Hall–Kier alpha value is -2.68. The summed E-state index contributed by atoms with van der Waals surface area (Å²) in [5.74, 6) is 1.52. The average molecular weight is 406 g/mol. The number of guanidine groups is 2. The number of nitrogens with one attached hydrogen (secondary N) is 4. The fraction of sp³-hybridized carbons (Fsp3) is 0.600. The van der Waals surface area contributed by atoms with Gasteiger partial charge in [-0.15, -0.1) is 0 Å². The lowest BCUT2D eigenvalue weighted by Crippen LogP contribution is -2.42. The molecule has 3 rings (SSSR count). The van der Waals surface area contributed by atoms with Gasteiger partial charge in [0.1, 0.15) is 12.7 Å². The second-order valence-electron chi connectivity index (χ2n) is 7.24. The molecular weight excluding hydrogens is 370 g/mol. The molecule has 0 bridgehead atoms. The summed E-state index contributed by atoms with van der Waals surface area (Å²) in [6.07, 6.45) is 6.68. The predicted molar refractivity (Wildman–Crippen MR) is 116 cm³/mol. The molecule has 0 amide bonds. The van der Waals surface area contributed by atoms with E-state index in [9.17, 15) is 0 Å². The lowest BCUT2D eigenvalue weighted by atomic mass is 10.1. The van der Waals surface area contributed by atoms with E-state index in [1.165, 1.54) is 45.2 Å². The van der Waals surface area contributed by atoms with Crippen molar-refractivity contribution in [1.82, 2.24) is 15.5 Å². The summed E-state index contributed by atoms with van der Waals surface area (Å²) < 4.78 is 11.1. The molecule has 1 aromatic carbocycles. The van der Waals surface area contributed by atoms with Crippen LogP contribution in [-0.4, -0.2) is 62.3 Å². The summed E-state index contributed by atoms with van der Waals surface area (Å²) in [6, 6.07) is 7.51. The highest BCUT2D eigenvalue weighted by Crippen LogP contribution is 2.30. The van der Waals surface area contributed by atoms with Crippen LogP contribution >= 0.6 is 0 Å². The number of likely N-dealkylation sites (tertiary alicyclic amines) is 1. The van der Waals surface area contributed by atoms with Gasteiger partial charge in [-0.3, -0.25) is 10.8 Å². The molecule has 1 fully saturated rings. The first kappa shape index (κ1) is 22.6. The van der Waals surface area contributed by atoms with Crippen LogP contribution in [0.2, 0.25) is 0 Å². The zero-order valence-electron chi connectivity index (χ0n) is 17.1. The smallest absolute Gasteiger partial charge is 0.185 e. The quantitative estimate of drug-likeness (QED) is 0.317. The van der Waals surface area contributed by atoms with Crippen molar-refractivity contribution in [2.45, 2.75) is 38.2 Å². The number of fused-ring (bicyclic) bond motifs is 1. The van der Waals surface area contributed by atoms with Gasteiger partial charge in [0.15, 0.2) is 23.4 Å². The molecule has 2 aliphatic heterocycles. The van der Waals surface area contributed by atoms with Gasteiger partial charge in [-0.05, 0) is 38.1 Å². The van der Waals surface area contributed by atoms with Gasteiger partial charge in [0.25, 0.3) is 0 Å². The lowest BCUT2D eigenvalue weighted by molar-refractivity contribution is 0.0937. The standard InChI is InChI=1S/C10H22N4.C10H13N3O2/c11-10(12)13-6-9-14-7-4-2-1-3-5-8-14;11-10(12)13-5-7-6-14-8-3-1-2-4-9(8)15-7/h1-9H2,(H4,11,12,13);1-4,7H,5-6H2,(H4,11,12,13). The van der Waals surface area contributed by atoms with Crippen molar-refractivity contribution >= 4 is 11.9 Å². The minimum atomic E-state index is -0.108. The molecule has 1 unspecified atom stereocenters. The van der Waals surface area contributed by atoms with E-state index >= 15 is 0 Å². The highest BCUT2D eigenvalue weighted by molar-refractivity contribution is 5.74. The minimum absolute atomic E-state index is 0.0579. The van der Waals surface area contributed by atoms with Crippen molar-refractivity contribution in [2.75, 3.05) is 39.3 Å². The maximum Gasteiger partial charge on any atom is 0.185 e. The molecule has 0 aromatic heterocycles. The van der Waals surface area contributed by atoms with Crippen LogP contribution < -0.4 is 31.6 Å². The zero-order valence-corrected chi connectivity index (χ0v) is 17.1. The Kier molecular flexibility index (Phi) is 9.91. The van der Waals surface area contributed by atoms with E-state index < -0.39 is 0 Å². The summed E-state index contributed by atoms with van der Waals surface area (Å²) in [4.78, 5) is 2.47. The number of ether oxygens (including phenoxy) is 2. The van der Waals surface area contributed by atoms with E-state index in [1.807, 2.05) is 24.3 Å². The van der Waals surface area contributed by atoms with E-state index in [-0.39, 0.29) is 18.0 Å². The topological polar surface area (TPSA) is 146 Å². The fourth-order valence-electron chi connectivity index (χ4n) is 3.27. The zero-order chi connectivity index (χ0) is 20.9. The Morgan fingerprint density at radius 1 is 0.966 bits per heavy atom. The van der Waals surface area contributed by atoms with Crippen LogP contribution in [0.4, 0.5) is 0 Å². The minimum Gasteiger partial charge on any atom is -0.486 e. The highest BCUT2D eigenvalue weighted by Gasteiger charge is 2.20. The lowest BCUT2D eigenvalue weighted by Gasteiger charge is -2.26. The Morgan fingerprint density at radius 3 is 2.24 bits per heavy atom. The molecular formula is C20H35N7O2. The van der Waals surface area contributed by atoms with Crippen molar-refractivity contribution in [3.8, 4) is 11.5 Å². The molecule has 9 heteroatoms. The van der Waals surface area contributed by atoms with Gasteiger partial charge in [-0.1, -0.05) is 31.4 Å². The van der Waals surface area contributed by atoms with Gasteiger partial charge >= 0.3 is 0 Å². The average Bonchev–Trinajstić information content (AvgIpc) is 2.68. The van der Waals surface area contributed by atoms with Crippen LogP contribution in [-0.2, 0) is 0 Å². The van der Waals surface area contributed by atoms with Crippen molar-refractivity contribution in [2.24, 2.45) is 11.5 Å². The van der Waals surface area contributed by atoms with Crippen LogP contribution in [0.15, 0.2) is 24.3 Å². The Balaban J connectivity index is 0.000000208. The molecule has 2 aliphatic rings. The van der Waals surface area contributed by atoms with Gasteiger partial charge in [0.05, 0.1) is 6.54 Å². The van der Waals surface area contributed by atoms with Crippen LogP contribution in [0.5, 0.6) is 11.5 Å².